The molecule has 1 saturated heterocycles. The number of hydrogen-bond donors (Lipinski definition) is 3. The number of nitrogens with one attached hydrogen (secondary N) is 2. The fourth-order valence-corrected chi connectivity index (χ4v) is 3.94. The Morgan fingerprint density at radius 1 is 1.48 bits per heavy atom. The first kappa shape index (κ1) is 22.6. The minimum atomic E-state index is 0. The summed E-state index contributed by atoms with van der Waals surface area (Å²) in [6.45, 7) is 3.22. The highest BCUT2D eigenvalue weighted by atomic mass is 127. The molecule has 2 unspecified atom stereocenters. The van der Waals surface area contributed by atoms with E-state index in [0.29, 0.717) is 12.6 Å². The number of ether oxygens (including phenoxy) is 1. The average Bonchev–Trinajstić information content (AvgIpc) is 3.23. The number of thiophene rings is 1. The molecule has 0 radical (unpaired) electrons. The molecule has 2 atom stereocenters. The first-order valence-corrected chi connectivity index (χ1v) is 9.31. The van der Waals surface area contributed by atoms with E-state index >= 15 is 0 Å². The highest BCUT2D eigenvalue weighted by molar-refractivity contribution is 14.0. The Labute approximate surface area is 172 Å². The van der Waals surface area contributed by atoms with Crippen LogP contribution in [0.5, 0.6) is 0 Å². The topological polar surface area (TPSA) is 69.1 Å². The molecule has 0 aromatic carbocycles. The van der Waals surface area contributed by atoms with Crippen molar-refractivity contribution in [3.05, 3.63) is 22.4 Å². The van der Waals surface area contributed by atoms with E-state index in [1.165, 1.54) is 4.88 Å². The van der Waals surface area contributed by atoms with Crippen LogP contribution in [0.2, 0.25) is 0 Å². The van der Waals surface area contributed by atoms with Gasteiger partial charge in [-0.25, -0.2) is 0 Å². The Morgan fingerprint density at radius 2 is 2.28 bits per heavy atom. The second kappa shape index (κ2) is 11.3. The number of hydrogen-bond acceptors (Lipinski definition) is 5. The number of aliphatic imine (C=N–C) groups is 1. The van der Waals surface area contributed by atoms with Crippen LogP contribution >= 0.6 is 35.3 Å². The molecule has 0 amide bonds. The fraction of sp³-hybridized carbons (Fsp3) is 0.706. The van der Waals surface area contributed by atoms with Gasteiger partial charge in [0.15, 0.2) is 5.96 Å². The van der Waals surface area contributed by atoms with Gasteiger partial charge in [-0.1, -0.05) is 6.07 Å². The second-order valence-electron chi connectivity index (χ2n) is 6.58. The first-order valence-electron chi connectivity index (χ1n) is 8.43. The molecular formula is C17H31IN4O2S. The van der Waals surface area contributed by atoms with Gasteiger partial charge in [0.2, 0.25) is 0 Å². The number of rotatable bonds is 8. The minimum Gasteiger partial charge on any atom is -0.396 e. The zero-order valence-corrected chi connectivity index (χ0v) is 18.5. The Morgan fingerprint density at radius 3 is 2.80 bits per heavy atom. The predicted molar refractivity (Wildman–Crippen MR) is 115 cm³/mol. The molecule has 144 valence electrons. The summed E-state index contributed by atoms with van der Waals surface area (Å²) in [6.07, 6.45) is 1.74. The van der Waals surface area contributed by atoms with Gasteiger partial charge < -0.3 is 25.4 Å². The number of aliphatic hydroxyl groups excluding tert-OH is 1. The Hall–Kier alpha value is -0.420. The van der Waals surface area contributed by atoms with Crippen LogP contribution in [-0.4, -0.2) is 70.0 Å². The molecule has 1 aliphatic heterocycles. The lowest BCUT2D eigenvalue weighted by atomic mass is 9.84. The van der Waals surface area contributed by atoms with E-state index in [2.05, 4.69) is 52.1 Å². The van der Waals surface area contributed by atoms with E-state index in [-0.39, 0.29) is 36.0 Å². The molecule has 1 aliphatic rings. The van der Waals surface area contributed by atoms with Gasteiger partial charge in [0.05, 0.1) is 12.6 Å². The highest BCUT2D eigenvalue weighted by Gasteiger charge is 2.34. The smallest absolute Gasteiger partial charge is 0.191 e. The van der Waals surface area contributed by atoms with Gasteiger partial charge in [-0.15, -0.1) is 35.3 Å². The van der Waals surface area contributed by atoms with Crippen molar-refractivity contribution in [3.63, 3.8) is 0 Å². The second-order valence-corrected chi connectivity index (χ2v) is 7.56. The molecule has 3 N–H and O–H groups in total. The Balaban J connectivity index is 0.00000312. The first-order chi connectivity index (χ1) is 11.6. The average molecular weight is 482 g/mol. The molecule has 0 spiro atoms. The quantitative estimate of drug-likeness (QED) is 0.300. The Bertz CT molecular complexity index is 505. The molecule has 1 fully saturated rings. The zero-order valence-electron chi connectivity index (χ0n) is 15.3. The van der Waals surface area contributed by atoms with Gasteiger partial charge in [-0.2, -0.15) is 0 Å². The molecule has 2 rings (SSSR count). The van der Waals surface area contributed by atoms with Crippen molar-refractivity contribution in [2.45, 2.75) is 18.9 Å². The summed E-state index contributed by atoms with van der Waals surface area (Å²) in [5.74, 6) is 0.794. The van der Waals surface area contributed by atoms with Crippen LogP contribution in [0.15, 0.2) is 22.5 Å². The third-order valence-electron chi connectivity index (χ3n) is 4.64. The maximum Gasteiger partial charge on any atom is 0.191 e. The van der Waals surface area contributed by atoms with Gasteiger partial charge in [0, 0.05) is 43.6 Å². The van der Waals surface area contributed by atoms with Crippen LogP contribution in [0.3, 0.4) is 0 Å². The minimum absolute atomic E-state index is 0. The third kappa shape index (κ3) is 6.67. The molecule has 0 aliphatic carbocycles. The standard InChI is InChI=1S/C17H30N4O2S.HI/c1-18-16(20-12-17(6-8-22)7-9-23-13-17)19-11-14(21(2)3)15-5-4-10-24-15;/h4-5,10,14,22H,6-9,11-13H2,1-3H3,(H2,18,19,20);1H. The SMILES string of the molecule is CN=C(NCC(c1cccs1)N(C)C)NCC1(CCO)CCOC1.I. The normalized spacial score (nSPS) is 21.9. The van der Waals surface area contributed by atoms with Gasteiger partial charge in [-0.05, 0) is 38.4 Å². The predicted octanol–water partition coefficient (Wildman–Crippen LogP) is 1.92. The van der Waals surface area contributed by atoms with E-state index in [1.807, 2.05) is 0 Å². The molecule has 0 saturated carbocycles. The van der Waals surface area contributed by atoms with Crippen molar-refractivity contribution in [1.29, 1.82) is 0 Å². The lowest BCUT2D eigenvalue weighted by Crippen LogP contribution is -2.46. The monoisotopic (exact) mass is 482 g/mol. The largest absolute Gasteiger partial charge is 0.396 e. The van der Waals surface area contributed by atoms with E-state index < -0.39 is 0 Å². The number of halogens is 1. The van der Waals surface area contributed by atoms with Crippen LogP contribution in [0.1, 0.15) is 23.8 Å². The van der Waals surface area contributed by atoms with Gasteiger partial charge in [0.25, 0.3) is 0 Å². The van der Waals surface area contributed by atoms with Crippen LogP contribution in [0, 0.1) is 5.41 Å². The molecule has 2 heterocycles. The van der Waals surface area contributed by atoms with Crippen molar-refractivity contribution in [3.8, 4) is 0 Å². The summed E-state index contributed by atoms with van der Waals surface area (Å²) in [4.78, 5) is 7.88. The summed E-state index contributed by atoms with van der Waals surface area (Å²) in [5.41, 5.74) is 0.0150. The van der Waals surface area contributed by atoms with Crippen molar-refractivity contribution < 1.29 is 9.84 Å². The Kier molecular flexibility index (Phi) is 10.2. The molecule has 1 aromatic rings. The molecule has 0 bridgehead atoms. The summed E-state index contributed by atoms with van der Waals surface area (Å²) in [6, 6.07) is 4.56. The lowest BCUT2D eigenvalue weighted by Gasteiger charge is -2.29. The number of guanidine groups is 1. The zero-order chi connectivity index (χ0) is 17.4. The molecule has 8 heteroatoms. The lowest BCUT2D eigenvalue weighted by molar-refractivity contribution is 0.127. The summed E-state index contributed by atoms with van der Waals surface area (Å²) >= 11 is 1.77. The van der Waals surface area contributed by atoms with Crippen molar-refractivity contribution in [2.75, 3.05) is 54.1 Å². The van der Waals surface area contributed by atoms with E-state index in [4.69, 9.17) is 4.74 Å². The third-order valence-corrected chi connectivity index (χ3v) is 5.61. The van der Waals surface area contributed by atoms with Gasteiger partial charge in [0.1, 0.15) is 0 Å². The maximum atomic E-state index is 9.32. The highest BCUT2D eigenvalue weighted by Crippen LogP contribution is 2.31. The van der Waals surface area contributed by atoms with Crippen molar-refractivity contribution in [2.24, 2.45) is 10.4 Å². The summed E-state index contributed by atoms with van der Waals surface area (Å²) in [7, 11) is 5.97. The van der Waals surface area contributed by atoms with E-state index in [9.17, 15) is 5.11 Å². The van der Waals surface area contributed by atoms with Crippen LogP contribution in [0.25, 0.3) is 0 Å². The van der Waals surface area contributed by atoms with Crippen LogP contribution in [0.4, 0.5) is 0 Å². The molecule has 6 nitrogen and oxygen atoms in total. The van der Waals surface area contributed by atoms with E-state index in [1.54, 1.807) is 18.4 Å². The summed E-state index contributed by atoms with van der Waals surface area (Å²) in [5, 5.41) is 18.3. The number of likely N-dealkylation sites (N-methyl/N-ethyl adjacent to an activating group) is 1. The molecule has 1 aromatic heterocycles. The fourth-order valence-electron chi connectivity index (χ4n) is 3.02. The number of nitrogens with zero attached hydrogens (tertiary/aromatic N) is 2. The number of aliphatic hydroxyl groups is 1. The van der Waals surface area contributed by atoms with Crippen molar-refractivity contribution in [1.82, 2.24) is 15.5 Å². The van der Waals surface area contributed by atoms with Crippen molar-refractivity contribution >= 4 is 41.3 Å². The van der Waals surface area contributed by atoms with Crippen LogP contribution in [-0.2, 0) is 4.74 Å². The summed E-state index contributed by atoms with van der Waals surface area (Å²) < 4.78 is 5.54. The van der Waals surface area contributed by atoms with Gasteiger partial charge in [-0.3, -0.25) is 4.99 Å². The molecular weight excluding hydrogens is 451 g/mol. The molecule has 25 heavy (non-hydrogen) atoms. The van der Waals surface area contributed by atoms with Gasteiger partial charge >= 0.3 is 0 Å². The van der Waals surface area contributed by atoms with E-state index in [0.717, 1.165) is 38.5 Å². The maximum absolute atomic E-state index is 9.32. The van der Waals surface area contributed by atoms with Crippen LogP contribution < -0.4 is 10.6 Å².